The zero-order valence-corrected chi connectivity index (χ0v) is 18.0. The summed E-state index contributed by atoms with van der Waals surface area (Å²) >= 11 is 0. The number of ether oxygens (including phenoxy) is 4. The van der Waals surface area contributed by atoms with Crippen LogP contribution in [0.3, 0.4) is 0 Å². The lowest BCUT2D eigenvalue weighted by Gasteiger charge is -2.54. The third kappa shape index (κ3) is 2.29. The first kappa shape index (κ1) is 22.2. The van der Waals surface area contributed by atoms with E-state index >= 15 is 0 Å². The van der Waals surface area contributed by atoms with Crippen molar-refractivity contribution in [1.82, 2.24) is 0 Å². The molecular formula is C21H28O10. The van der Waals surface area contributed by atoms with Crippen molar-refractivity contribution in [3.63, 3.8) is 0 Å². The molecule has 1 saturated carbocycles. The van der Waals surface area contributed by atoms with E-state index in [-0.39, 0.29) is 28.9 Å². The number of carbonyl (C=O) groups is 2. The number of aliphatic hydroxyl groups excluding tert-OH is 3. The molecule has 1 spiro atoms. The molecule has 31 heavy (non-hydrogen) atoms. The molecule has 0 amide bonds. The lowest BCUT2D eigenvalue weighted by molar-refractivity contribution is -0.226. The number of aliphatic hydroxyl groups is 4. The van der Waals surface area contributed by atoms with E-state index in [1.165, 1.54) is 14.2 Å². The van der Waals surface area contributed by atoms with Crippen molar-refractivity contribution >= 4 is 11.9 Å². The Hall–Kier alpha value is -1.98. The molecular weight excluding hydrogens is 412 g/mol. The van der Waals surface area contributed by atoms with Gasteiger partial charge in [0.25, 0.3) is 0 Å². The van der Waals surface area contributed by atoms with Gasteiger partial charge < -0.3 is 39.4 Å². The standard InChI is InChI=1S/C21H28O10/c1-8(2)21(27)12-11-13(30-18(12)26)14(23)20(19(11,3)16(29-5)15(21)24)6-9(17(25)31-20)10(7-22)28-4/h8,13-16,22-24,27H,6-7H2,1-5H3. The van der Waals surface area contributed by atoms with Crippen molar-refractivity contribution in [2.24, 2.45) is 11.3 Å². The fraction of sp³-hybridized carbons (Fsp3) is 0.714. The first-order chi connectivity index (χ1) is 14.5. The quantitative estimate of drug-likeness (QED) is 0.242. The van der Waals surface area contributed by atoms with Crippen LogP contribution in [0, 0.1) is 11.3 Å². The summed E-state index contributed by atoms with van der Waals surface area (Å²) in [5.41, 5.74) is -4.92. The minimum atomic E-state index is -1.99. The molecule has 0 bridgehead atoms. The first-order valence-corrected chi connectivity index (χ1v) is 10.1. The van der Waals surface area contributed by atoms with Gasteiger partial charge in [0, 0.05) is 13.5 Å². The summed E-state index contributed by atoms with van der Waals surface area (Å²) in [6, 6.07) is 0. The first-order valence-electron chi connectivity index (χ1n) is 10.1. The van der Waals surface area contributed by atoms with E-state index in [1.807, 2.05) is 0 Å². The molecule has 1 saturated heterocycles. The zero-order chi connectivity index (χ0) is 23.1. The SMILES string of the molecule is COC(CO)=C1CC2(OC1=O)C(O)C1OC(=O)C3=C1C2(C)C(OC)C(O)C3(O)C(C)C. The molecule has 0 aromatic rings. The van der Waals surface area contributed by atoms with Crippen LogP contribution in [0.15, 0.2) is 22.5 Å². The second kappa shape index (κ2) is 6.76. The maximum atomic E-state index is 12.8. The molecule has 0 radical (unpaired) electrons. The predicted octanol–water partition coefficient (Wildman–Crippen LogP) is -1.06. The Morgan fingerprint density at radius 3 is 2.35 bits per heavy atom. The van der Waals surface area contributed by atoms with E-state index < -0.39 is 65.5 Å². The molecule has 2 aliphatic heterocycles. The number of rotatable bonds is 4. The smallest absolute Gasteiger partial charge is 0.338 e. The number of hydrogen-bond acceptors (Lipinski definition) is 10. The van der Waals surface area contributed by atoms with Crippen LogP contribution in [0.2, 0.25) is 0 Å². The molecule has 4 aliphatic rings. The highest BCUT2D eigenvalue weighted by Crippen LogP contribution is 2.67. The average Bonchev–Trinajstić information content (AvgIpc) is 3.30. The third-order valence-corrected chi connectivity index (χ3v) is 7.72. The molecule has 7 atom stereocenters. The highest BCUT2D eigenvalue weighted by atomic mass is 16.6. The summed E-state index contributed by atoms with van der Waals surface area (Å²) in [7, 11) is 2.63. The van der Waals surface area contributed by atoms with Crippen LogP contribution >= 0.6 is 0 Å². The van der Waals surface area contributed by atoms with Gasteiger partial charge in [-0.05, 0) is 18.4 Å². The minimum Gasteiger partial charge on any atom is -0.498 e. The van der Waals surface area contributed by atoms with Crippen LogP contribution < -0.4 is 0 Å². The molecule has 0 aromatic heterocycles. The number of methoxy groups -OCH3 is 2. The molecule has 0 aromatic carbocycles. The second-order valence-corrected chi connectivity index (χ2v) is 9.06. The molecule has 2 heterocycles. The summed E-state index contributed by atoms with van der Waals surface area (Å²) in [4.78, 5) is 25.6. The Bertz CT molecular complexity index is 900. The lowest BCUT2D eigenvalue weighted by Crippen LogP contribution is -2.68. The van der Waals surface area contributed by atoms with Crippen LogP contribution in [-0.2, 0) is 28.5 Å². The fourth-order valence-electron chi connectivity index (χ4n) is 6.05. The number of carbonyl (C=O) groups excluding carboxylic acids is 2. The van der Waals surface area contributed by atoms with Crippen molar-refractivity contribution in [3.05, 3.63) is 22.5 Å². The van der Waals surface area contributed by atoms with Crippen LogP contribution in [0.25, 0.3) is 0 Å². The topological polar surface area (TPSA) is 152 Å². The van der Waals surface area contributed by atoms with Gasteiger partial charge >= 0.3 is 11.9 Å². The van der Waals surface area contributed by atoms with E-state index in [1.54, 1.807) is 20.8 Å². The molecule has 172 valence electrons. The summed E-state index contributed by atoms with van der Waals surface area (Å²) in [6.45, 7) is 4.36. The van der Waals surface area contributed by atoms with Gasteiger partial charge in [0.05, 0.1) is 29.8 Å². The Kier molecular flexibility index (Phi) is 4.84. The Morgan fingerprint density at radius 2 is 1.84 bits per heavy atom. The van der Waals surface area contributed by atoms with Crippen molar-refractivity contribution in [2.45, 2.75) is 62.8 Å². The lowest BCUT2D eigenvalue weighted by atomic mass is 9.56. The molecule has 4 rings (SSSR count). The van der Waals surface area contributed by atoms with E-state index in [2.05, 4.69) is 0 Å². The Morgan fingerprint density at radius 1 is 1.19 bits per heavy atom. The zero-order valence-electron chi connectivity index (χ0n) is 18.0. The molecule has 2 aliphatic carbocycles. The van der Waals surface area contributed by atoms with Crippen molar-refractivity contribution in [2.75, 3.05) is 20.8 Å². The Balaban J connectivity index is 2.02. The number of esters is 2. The third-order valence-electron chi connectivity index (χ3n) is 7.72. The molecule has 10 nitrogen and oxygen atoms in total. The summed E-state index contributed by atoms with van der Waals surface area (Å²) in [6.07, 6.45) is -5.59. The van der Waals surface area contributed by atoms with Crippen molar-refractivity contribution < 1.29 is 49.0 Å². The van der Waals surface area contributed by atoms with Crippen molar-refractivity contribution in [1.29, 1.82) is 0 Å². The van der Waals surface area contributed by atoms with Crippen LogP contribution in [0.4, 0.5) is 0 Å². The highest BCUT2D eigenvalue weighted by Gasteiger charge is 2.80. The maximum absolute atomic E-state index is 12.8. The van der Waals surface area contributed by atoms with E-state index in [0.29, 0.717) is 0 Å². The summed E-state index contributed by atoms with van der Waals surface area (Å²) in [5, 5.41) is 43.6. The molecule has 4 N–H and O–H groups in total. The molecule has 10 heteroatoms. The maximum Gasteiger partial charge on any atom is 0.338 e. The van der Waals surface area contributed by atoms with Gasteiger partial charge in [0.2, 0.25) is 0 Å². The van der Waals surface area contributed by atoms with Gasteiger partial charge in [-0.15, -0.1) is 0 Å². The number of fused-ring (bicyclic) bond motifs is 1. The fourth-order valence-corrected chi connectivity index (χ4v) is 6.05. The van der Waals surface area contributed by atoms with Gasteiger partial charge in [-0.3, -0.25) is 0 Å². The van der Waals surface area contributed by atoms with Crippen LogP contribution in [-0.4, -0.2) is 88.8 Å². The highest BCUT2D eigenvalue weighted by molar-refractivity contribution is 5.98. The van der Waals surface area contributed by atoms with Crippen LogP contribution in [0.1, 0.15) is 27.2 Å². The van der Waals surface area contributed by atoms with Crippen molar-refractivity contribution in [3.8, 4) is 0 Å². The Labute approximate surface area is 179 Å². The van der Waals surface area contributed by atoms with Crippen LogP contribution in [0.5, 0.6) is 0 Å². The van der Waals surface area contributed by atoms with E-state index in [4.69, 9.17) is 18.9 Å². The van der Waals surface area contributed by atoms with E-state index in [9.17, 15) is 30.0 Å². The predicted molar refractivity (Wildman–Crippen MR) is 102 cm³/mol. The monoisotopic (exact) mass is 440 g/mol. The molecule has 7 unspecified atom stereocenters. The second-order valence-electron chi connectivity index (χ2n) is 9.06. The van der Waals surface area contributed by atoms with Gasteiger partial charge in [0.15, 0.2) is 11.7 Å². The number of hydrogen-bond donors (Lipinski definition) is 4. The normalized spacial score (nSPS) is 45.4. The van der Waals surface area contributed by atoms with Gasteiger partial charge in [-0.1, -0.05) is 13.8 Å². The van der Waals surface area contributed by atoms with Gasteiger partial charge in [-0.2, -0.15) is 0 Å². The van der Waals surface area contributed by atoms with E-state index in [0.717, 1.165) is 0 Å². The molecule has 2 fully saturated rings. The average molecular weight is 440 g/mol. The van der Waals surface area contributed by atoms with Gasteiger partial charge in [0.1, 0.15) is 30.2 Å². The largest absolute Gasteiger partial charge is 0.498 e. The van der Waals surface area contributed by atoms with Gasteiger partial charge in [-0.25, -0.2) is 9.59 Å². The summed E-state index contributed by atoms with van der Waals surface area (Å²) < 4.78 is 22.0. The minimum absolute atomic E-state index is 0.00931. The summed E-state index contributed by atoms with van der Waals surface area (Å²) in [5.74, 6) is -2.24.